The Morgan fingerprint density at radius 1 is 1.29 bits per heavy atom. The van der Waals surface area contributed by atoms with E-state index in [0.717, 1.165) is 35.3 Å². The van der Waals surface area contributed by atoms with Gasteiger partial charge in [0.15, 0.2) is 10.7 Å². The molecule has 2 heterocycles. The monoisotopic (exact) mass is 477 g/mol. The number of hydrogen-bond donors (Lipinski definition) is 2. The predicted octanol–water partition coefficient (Wildman–Crippen LogP) is 5.29. The van der Waals surface area contributed by atoms with E-state index in [2.05, 4.69) is 15.2 Å². The molecule has 162 valence electrons. The van der Waals surface area contributed by atoms with Crippen LogP contribution in [0.1, 0.15) is 49.7 Å². The van der Waals surface area contributed by atoms with E-state index in [1.807, 2.05) is 26.0 Å². The lowest BCUT2D eigenvalue weighted by atomic mass is 9.98. The number of carbonyl (C=O) groups excluding carboxylic acids is 2. The number of aromatic nitrogens is 1. The number of nitrogens with one attached hydrogen (secondary N) is 2. The second-order valence-corrected chi connectivity index (χ2v) is 9.97. The second-order valence-electron chi connectivity index (χ2n) is 7.49. The van der Waals surface area contributed by atoms with Crippen molar-refractivity contribution < 1.29 is 18.7 Å². The van der Waals surface area contributed by atoms with E-state index in [-0.39, 0.29) is 32.4 Å². The lowest BCUT2D eigenvalue weighted by Gasteiger charge is -2.15. The van der Waals surface area contributed by atoms with Crippen LogP contribution in [-0.4, -0.2) is 21.4 Å². The summed E-state index contributed by atoms with van der Waals surface area (Å²) in [7, 11) is 0. The summed E-state index contributed by atoms with van der Waals surface area (Å²) in [6, 6.07) is 5.33. The Labute approximate surface area is 191 Å². The van der Waals surface area contributed by atoms with Crippen molar-refractivity contribution >= 4 is 57.6 Å². The first kappa shape index (κ1) is 21.9. The van der Waals surface area contributed by atoms with Crippen LogP contribution < -0.4 is 10.0 Å². The smallest absolute Gasteiger partial charge is 0.284 e. The van der Waals surface area contributed by atoms with E-state index < -0.39 is 17.3 Å². The van der Waals surface area contributed by atoms with E-state index in [1.165, 1.54) is 0 Å². The van der Waals surface area contributed by atoms with Gasteiger partial charge in [0.2, 0.25) is 4.90 Å². The SMILES string of the molecule is Cc1cc(C)c(NC(=O)c2sccc2[S+]([O-])Nc2onc(C)c2Cl)c(C(=O)C2CC2)c1. The van der Waals surface area contributed by atoms with Crippen molar-refractivity contribution in [2.24, 2.45) is 5.92 Å². The molecular weight excluding hydrogens is 458 g/mol. The molecule has 1 aliphatic rings. The summed E-state index contributed by atoms with van der Waals surface area (Å²) in [6.07, 6.45) is 1.76. The number of carbonyl (C=O) groups is 2. The van der Waals surface area contributed by atoms with Gasteiger partial charge in [0, 0.05) is 17.5 Å². The highest BCUT2D eigenvalue weighted by Crippen LogP contribution is 2.37. The highest BCUT2D eigenvalue weighted by molar-refractivity contribution is 7.93. The van der Waals surface area contributed by atoms with E-state index in [9.17, 15) is 14.1 Å². The average Bonchev–Trinajstić information content (AvgIpc) is 3.38. The van der Waals surface area contributed by atoms with Crippen LogP contribution >= 0.6 is 22.9 Å². The second kappa shape index (κ2) is 8.66. The van der Waals surface area contributed by atoms with Crippen molar-refractivity contribution in [3.63, 3.8) is 0 Å². The Hall–Kier alpha value is -2.33. The molecular formula is C21H20ClN3O4S2. The maximum atomic E-state index is 13.1. The number of nitrogens with zero attached hydrogens (tertiary/aromatic N) is 1. The first-order valence-corrected chi connectivity index (χ1v) is 12.0. The van der Waals surface area contributed by atoms with E-state index in [1.54, 1.807) is 18.4 Å². The third kappa shape index (κ3) is 4.50. The number of aryl methyl sites for hydroxylation is 3. The number of benzene rings is 1. The molecule has 4 rings (SSSR count). The summed E-state index contributed by atoms with van der Waals surface area (Å²) in [4.78, 5) is 26.4. The van der Waals surface area contributed by atoms with Crippen LogP contribution in [0.15, 0.2) is 33.0 Å². The van der Waals surface area contributed by atoms with Gasteiger partial charge in [-0.2, -0.15) is 4.72 Å². The largest absolute Gasteiger partial charge is 0.588 e. The number of hydrogen-bond acceptors (Lipinski definition) is 7. The van der Waals surface area contributed by atoms with Gasteiger partial charge in [-0.1, -0.05) is 22.8 Å². The topological polar surface area (TPSA) is 107 Å². The maximum Gasteiger partial charge on any atom is 0.284 e. The fraction of sp³-hybridized carbons (Fsp3) is 0.286. The molecule has 1 unspecified atom stereocenters. The predicted molar refractivity (Wildman–Crippen MR) is 122 cm³/mol. The van der Waals surface area contributed by atoms with Crippen LogP contribution in [0.4, 0.5) is 11.6 Å². The van der Waals surface area contributed by atoms with Gasteiger partial charge in [-0.05, 0) is 56.2 Å². The van der Waals surface area contributed by atoms with Crippen LogP contribution in [0.3, 0.4) is 0 Å². The van der Waals surface area contributed by atoms with E-state index in [0.29, 0.717) is 16.9 Å². The molecule has 1 aromatic carbocycles. The van der Waals surface area contributed by atoms with E-state index in [4.69, 9.17) is 16.1 Å². The highest BCUT2D eigenvalue weighted by atomic mass is 35.5. The van der Waals surface area contributed by atoms with Crippen LogP contribution in [-0.2, 0) is 11.4 Å². The highest BCUT2D eigenvalue weighted by Gasteiger charge is 2.33. The zero-order chi connectivity index (χ0) is 22.3. The Kier molecular flexibility index (Phi) is 6.11. The summed E-state index contributed by atoms with van der Waals surface area (Å²) < 4.78 is 20.5. The fourth-order valence-corrected chi connectivity index (χ4v) is 5.42. The number of thiophene rings is 1. The number of ketones is 1. The van der Waals surface area contributed by atoms with Gasteiger partial charge in [-0.3, -0.25) is 9.59 Å². The summed E-state index contributed by atoms with van der Waals surface area (Å²) in [5.41, 5.74) is 3.25. The Morgan fingerprint density at radius 3 is 2.68 bits per heavy atom. The first-order valence-electron chi connectivity index (χ1n) is 9.60. The van der Waals surface area contributed by atoms with Crippen molar-refractivity contribution in [2.45, 2.75) is 38.5 Å². The van der Waals surface area contributed by atoms with Crippen LogP contribution in [0.2, 0.25) is 5.02 Å². The summed E-state index contributed by atoms with van der Waals surface area (Å²) in [5.74, 6) is -0.284. The molecule has 7 nitrogen and oxygen atoms in total. The quantitative estimate of drug-likeness (QED) is 0.353. The molecule has 1 aliphatic carbocycles. The minimum absolute atomic E-state index is 0.0287. The summed E-state index contributed by atoms with van der Waals surface area (Å²) in [6.45, 7) is 5.44. The maximum absolute atomic E-state index is 13.1. The lowest BCUT2D eigenvalue weighted by molar-refractivity contribution is 0.0968. The lowest BCUT2D eigenvalue weighted by Crippen LogP contribution is -2.20. The zero-order valence-corrected chi connectivity index (χ0v) is 19.5. The molecule has 31 heavy (non-hydrogen) atoms. The molecule has 1 amide bonds. The average molecular weight is 478 g/mol. The number of rotatable bonds is 7. The van der Waals surface area contributed by atoms with Gasteiger partial charge < -0.3 is 14.4 Å². The van der Waals surface area contributed by atoms with Crippen molar-refractivity contribution in [1.82, 2.24) is 5.16 Å². The van der Waals surface area contributed by atoms with Gasteiger partial charge in [0.25, 0.3) is 11.8 Å². The van der Waals surface area contributed by atoms with Crippen LogP contribution in [0.25, 0.3) is 0 Å². The molecule has 10 heteroatoms. The Balaban J connectivity index is 1.59. The molecule has 2 N–H and O–H groups in total. The Morgan fingerprint density at radius 2 is 2.03 bits per heavy atom. The van der Waals surface area contributed by atoms with Crippen molar-refractivity contribution in [1.29, 1.82) is 0 Å². The summed E-state index contributed by atoms with van der Waals surface area (Å²) in [5, 5.41) is 8.49. The molecule has 3 aromatic rings. The molecule has 0 radical (unpaired) electrons. The number of amides is 1. The molecule has 1 fully saturated rings. The van der Waals surface area contributed by atoms with Gasteiger partial charge in [0.1, 0.15) is 22.1 Å². The van der Waals surface area contributed by atoms with E-state index >= 15 is 0 Å². The third-order valence-corrected chi connectivity index (χ3v) is 7.54. The summed E-state index contributed by atoms with van der Waals surface area (Å²) >= 11 is 5.43. The van der Waals surface area contributed by atoms with Crippen molar-refractivity contribution in [2.75, 3.05) is 10.0 Å². The van der Waals surface area contributed by atoms with Gasteiger partial charge in [-0.15, -0.1) is 11.3 Å². The molecule has 0 aliphatic heterocycles. The Bertz CT molecular complexity index is 1170. The van der Waals surface area contributed by atoms with Crippen LogP contribution in [0.5, 0.6) is 0 Å². The third-order valence-electron chi connectivity index (χ3n) is 4.94. The van der Waals surface area contributed by atoms with Gasteiger partial charge >= 0.3 is 0 Å². The minimum Gasteiger partial charge on any atom is -0.588 e. The first-order chi connectivity index (χ1) is 14.8. The molecule has 1 saturated carbocycles. The molecule has 0 saturated heterocycles. The molecule has 0 bridgehead atoms. The fourth-order valence-electron chi connectivity index (χ4n) is 3.23. The normalized spacial score (nSPS) is 14.4. The van der Waals surface area contributed by atoms with Gasteiger partial charge in [-0.25, -0.2) is 0 Å². The standard InChI is InChI=1S/C21H20ClN3O4S2/c1-10-8-11(2)17(14(9-10)18(26)13-4-5-13)23-20(27)19-15(6-7-30-19)31(28)25-21-16(22)12(3)24-29-21/h6-9,13,25H,4-5H2,1-3H3,(H,23,27). The number of Topliss-reactive ketones (excluding diaryl/α,β-unsaturated/α-hetero) is 1. The minimum atomic E-state index is -1.80. The van der Waals surface area contributed by atoms with Crippen molar-refractivity contribution in [3.8, 4) is 0 Å². The van der Waals surface area contributed by atoms with Crippen LogP contribution in [0, 0.1) is 26.7 Å². The molecule has 0 spiro atoms. The number of anilines is 2. The van der Waals surface area contributed by atoms with Crippen molar-refractivity contribution in [3.05, 3.63) is 55.9 Å². The van der Waals surface area contributed by atoms with Gasteiger partial charge in [0.05, 0.1) is 5.69 Å². The zero-order valence-electron chi connectivity index (χ0n) is 17.1. The number of halogens is 1. The molecule has 1 atom stereocenters. The molecule has 2 aromatic heterocycles.